The first kappa shape index (κ1) is 45.4. The Morgan fingerprint density at radius 3 is 2.21 bits per heavy atom. The summed E-state index contributed by atoms with van der Waals surface area (Å²) in [6.07, 6.45) is 1.62. The highest BCUT2D eigenvalue weighted by Gasteiger charge is 2.43. The smallest absolute Gasteiger partial charge is 0.245 e. The van der Waals surface area contributed by atoms with Crippen molar-refractivity contribution >= 4 is 29.3 Å². The van der Waals surface area contributed by atoms with E-state index < -0.39 is 36.3 Å². The molecule has 13 nitrogen and oxygen atoms in total. The number of benzene rings is 1. The molecule has 0 aromatic heterocycles. The van der Waals surface area contributed by atoms with Crippen molar-refractivity contribution in [2.75, 3.05) is 54.7 Å². The number of nitrogens with zero attached hydrogens (tertiary/aromatic N) is 5. The number of anilines is 1. The first-order valence-corrected chi connectivity index (χ1v) is 19.0. The lowest BCUT2D eigenvalue weighted by atomic mass is 9.89. The molecule has 2 rings (SSSR count). The maximum absolute atomic E-state index is 14.2. The van der Waals surface area contributed by atoms with Gasteiger partial charge < -0.3 is 35.2 Å². The third-order valence-corrected chi connectivity index (χ3v) is 11.3. The van der Waals surface area contributed by atoms with Gasteiger partial charge in [-0.05, 0) is 69.8 Å². The normalized spacial score (nSPS) is 19.0. The van der Waals surface area contributed by atoms with Crippen molar-refractivity contribution in [2.45, 2.75) is 122 Å². The molecule has 0 unspecified atom stereocenters. The van der Waals surface area contributed by atoms with Crippen LogP contribution in [0.5, 0.6) is 0 Å². The van der Waals surface area contributed by atoms with Gasteiger partial charge in [0.1, 0.15) is 6.04 Å². The van der Waals surface area contributed by atoms with E-state index in [-0.39, 0.29) is 60.4 Å². The summed E-state index contributed by atoms with van der Waals surface area (Å²) in [5, 5.41) is 12.6. The van der Waals surface area contributed by atoms with Gasteiger partial charge in [0.2, 0.25) is 23.6 Å². The SMILES string of the molecule is CC[C@H](C)[C@@H]([C@@H](CC(=O)N1CCC[C@H]1[C@H](OC)[C@@H](C)C(=O)N(C)[C@H](CC#N)Cc1cccc(N)c1)OC)N(C)C(=O)[C@@H](NC(=O)[C@H](C)N(C)C)C(C)C. The van der Waals surface area contributed by atoms with Gasteiger partial charge in [0.25, 0.3) is 0 Å². The van der Waals surface area contributed by atoms with Gasteiger partial charge in [0.15, 0.2) is 0 Å². The number of methoxy groups -OCH3 is 2. The Bertz CT molecular complexity index is 1400. The van der Waals surface area contributed by atoms with E-state index in [4.69, 9.17) is 15.2 Å². The number of amides is 4. The van der Waals surface area contributed by atoms with Crippen molar-refractivity contribution in [1.82, 2.24) is 24.9 Å². The lowest BCUT2D eigenvalue weighted by Gasteiger charge is -2.41. The van der Waals surface area contributed by atoms with Crippen LogP contribution in [-0.2, 0) is 35.1 Å². The molecule has 1 heterocycles. The van der Waals surface area contributed by atoms with Crippen LogP contribution in [0.15, 0.2) is 24.3 Å². The van der Waals surface area contributed by atoms with Gasteiger partial charge in [-0.3, -0.25) is 24.1 Å². The van der Waals surface area contributed by atoms with Crippen molar-refractivity contribution in [3.63, 3.8) is 0 Å². The molecular formula is C40H67N7O6. The second kappa shape index (κ2) is 21.2. The standard InChI is InChI=1S/C40H67N7O6/c1-13-26(4)36(46(10)40(51)35(25(2)3)43-38(49)28(6)44(7)8)33(52-11)24-34(48)47-21-15-18-32(47)37(53-12)27(5)39(50)45(9)31(19-20-41)23-29-16-14-17-30(42)22-29/h14,16-17,22,25-28,31-33,35-37H,13,15,18-19,21,23-24,42H2,1-12H3,(H,43,49)/t26-,27+,28-,31+,32-,33+,35-,36-,37+/m0/s1. The summed E-state index contributed by atoms with van der Waals surface area (Å²) in [5.41, 5.74) is 7.54. The lowest BCUT2D eigenvalue weighted by Crippen LogP contribution is -2.59. The number of likely N-dealkylation sites (tertiary alicyclic amines) is 1. The van der Waals surface area contributed by atoms with E-state index in [1.54, 1.807) is 60.9 Å². The molecule has 1 aromatic carbocycles. The van der Waals surface area contributed by atoms with Crippen molar-refractivity contribution < 1.29 is 28.7 Å². The zero-order valence-electron chi connectivity index (χ0n) is 34.3. The Morgan fingerprint density at radius 2 is 1.68 bits per heavy atom. The fraction of sp³-hybridized carbons (Fsp3) is 0.725. The highest BCUT2D eigenvalue weighted by molar-refractivity contribution is 5.90. The summed E-state index contributed by atoms with van der Waals surface area (Å²) >= 11 is 0. The molecule has 0 spiro atoms. The van der Waals surface area contributed by atoms with Crippen LogP contribution in [0.1, 0.15) is 79.2 Å². The van der Waals surface area contributed by atoms with Crippen LogP contribution >= 0.6 is 0 Å². The molecule has 1 aliphatic rings. The fourth-order valence-electron chi connectivity index (χ4n) is 7.48. The third-order valence-electron chi connectivity index (χ3n) is 11.3. The zero-order chi connectivity index (χ0) is 40.2. The van der Waals surface area contributed by atoms with Crippen molar-refractivity contribution in [2.24, 2.45) is 17.8 Å². The number of nitriles is 1. The number of likely N-dealkylation sites (N-methyl/N-ethyl adjacent to an activating group) is 3. The van der Waals surface area contributed by atoms with Gasteiger partial charge in [-0.25, -0.2) is 0 Å². The third kappa shape index (κ3) is 11.9. The zero-order valence-corrected chi connectivity index (χ0v) is 34.3. The summed E-state index contributed by atoms with van der Waals surface area (Å²) in [4.78, 5) is 62.2. The maximum Gasteiger partial charge on any atom is 0.245 e. The highest BCUT2D eigenvalue weighted by atomic mass is 16.5. The number of nitrogens with two attached hydrogens (primary N) is 1. The number of nitrogens with one attached hydrogen (secondary N) is 1. The molecule has 3 N–H and O–H groups in total. The monoisotopic (exact) mass is 742 g/mol. The van der Waals surface area contributed by atoms with Crippen LogP contribution in [-0.4, -0.2) is 135 Å². The Hall–Kier alpha value is -3.73. The molecule has 298 valence electrons. The number of ether oxygens (including phenoxy) is 2. The quantitative estimate of drug-likeness (QED) is 0.191. The molecule has 0 bridgehead atoms. The summed E-state index contributed by atoms with van der Waals surface area (Å²) in [6, 6.07) is 7.33. The molecule has 1 saturated heterocycles. The predicted octanol–water partition coefficient (Wildman–Crippen LogP) is 3.56. The summed E-state index contributed by atoms with van der Waals surface area (Å²) in [7, 11) is 10.2. The topological polar surface area (TPSA) is 162 Å². The second-order valence-electron chi connectivity index (χ2n) is 15.4. The largest absolute Gasteiger partial charge is 0.399 e. The second-order valence-corrected chi connectivity index (χ2v) is 15.4. The molecule has 0 saturated carbocycles. The van der Waals surface area contributed by atoms with Gasteiger partial charge in [0.05, 0.1) is 55.2 Å². The van der Waals surface area contributed by atoms with E-state index in [9.17, 15) is 24.4 Å². The molecule has 0 aliphatic carbocycles. The van der Waals surface area contributed by atoms with E-state index in [0.717, 1.165) is 18.4 Å². The van der Waals surface area contributed by atoms with E-state index >= 15 is 0 Å². The Balaban J connectivity index is 2.29. The summed E-state index contributed by atoms with van der Waals surface area (Å²) in [6.45, 7) is 12.0. The molecule has 1 aromatic rings. The van der Waals surface area contributed by atoms with Crippen molar-refractivity contribution in [1.29, 1.82) is 5.26 Å². The van der Waals surface area contributed by atoms with Crippen molar-refractivity contribution in [3.8, 4) is 6.07 Å². The number of hydrogen-bond acceptors (Lipinski definition) is 9. The van der Waals surface area contributed by atoms with E-state index in [1.165, 1.54) is 0 Å². The predicted molar refractivity (Wildman–Crippen MR) is 207 cm³/mol. The first-order valence-electron chi connectivity index (χ1n) is 19.0. The lowest BCUT2D eigenvalue weighted by molar-refractivity contribution is -0.149. The average Bonchev–Trinajstić information content (AvgIpc) is 3.61. The number of nitrogen functional groups attached to an aromatic ring is 1. The van der Waals surface area contributed by atoms with E-state index in [1.807, 2.05) is 66.9 Å². The molecule has 9 atom stereocenters. The Labute approximate surface area is 318 Å². The van der Waals surface area contributed by atoms with Gasteiger partial charge in [0, 0.05) is 46.6 Å². The number of carbonyl (C=O) groups excluding carboxylic acids is 4. The number of hydrogen-bond donors (Lipinski definition) is 2. The van der Waals surface area contributed by atoms with Crippen LogP contribution in [0.25, 0.3) is 0 Å². The average molecular weight is 742 g/mol. The maximum atomic E-state index is 14.2. The van der Waals surface area contributed by atoms with Gasteiger partial charge in [-0.2, -0.15) is 5.26 Å². The van der Waals surface area contributed by atoms with Gasteiger partial charge in [-0.15, -0.1) is 0 Å². The highest BCUT2D eigenvalue weighted by Crippen LogP contribution is 2.30. The minimum Gasteiger partial charge on any atom is -0.399 e. The van der Waals surface area contributed by atoms with Crippen LogP contribution < -0.4 is 11.1 Å². The number of carbonyl (C=O) groups is 4. The molecular weight excluding hydrogens is 674 g/mol. The Kier molecular flexibility index (Phi) is 18.2. The molecule has 53 heavy (non-hydrogen) atoms. The minimum absolute atomic E-state index is 0.0196. The van der Waals surface area contributed by atoms with E-state index in [2.05, 4.69) is 11.4 Å². The molecule has 13 heteroatoms. The first-order chi connectivity index (χ1) is 24.9. The van der Waals surface area contributed by atoms with E-state index in [0.29, 0.717) is 25.1 Å². The fourth-order valence-corrected chi connectivity index (χ4v) is 7.48. The summed E-state index contributed by atoms with van der Waals surface area (Å²) < 4.78 is 12.0. The summed E-state index contributed by atoms with van der Waals surface area (Å²) in [5.74, 6) is -1.56. The molecule has 1 aliphatic heterocycles. The molecule has 4 amide bonds. The van der Waals surface area contributed by atoms with Crippen molar-refractivity contribution in [3.05, 3.63) is 29.8 Å². The van der Waals surface area contributed by atoms with Gasteiger partial charge in [-0.1, -0.05) is 53.2 Å². The van der Waals surface area contributed by atoms with Crippen LogP contribution in [0.3, 0.4) is 0 Å². The minimum atomic E-state index is -0.754. The van der Waals surface area contributed by atoms with Crippen LogP contribution in [0.2, 0.25) is 0 Å². The molecule has 1 fully saturated rings. The molecule has 0 radical (unpaired) electrons. The Morgan fingerprint density at radius 1 is 1.02 bits per heavy atom. The van der Waals surface area contributed by atoms with Crippen LogP contribution in [0.4, 0.5) is 5.69 Å². The van der Waals surface area contributed by atoms with Gasteiger partial charge >= 0.3 is 0 Å². The number of rotatable bonds is 20. The van der Waals surface area contributed by atoms with Crippen LogP contribution in [0, 0.1) is 29.1 Å².